The van der Waals surface area contributed by atoms with Crippen molar-refractivity contribution in [3.05, 3.63) is 174 Å². The fourth-order valence-electron chi connectivity index (χ4n) is 7.31. The normalized spacial score (nSPS) is 12.1. The van der Waals surface area contributed by atoms with Crippen molar-refractivity contribution in [3.8, 4) is 22.3 Å². The number of benzene rings is 7. The molecule has 232 valence electrons. The van der Waals surface area contributed by atoms with E-state index < -0.39 is 7.92 Å². The number of hydrogen-bond acceptors (Lipinski definition) is 0. The van der Waals surface area contributed by atoms with Crippen LogP contribution in [0.15, 0.2) is 153 Å². The van der Waals surface area contributed by atoms with E-state index in [9.17, 15) is 0 Å². The van der Waals surface area contributed by atoms with Gasteiger partial charge in [-0.15, -0.1) is 0 Å². The first-order chi connectivity index (χ1) is 23.2. The van der Waals surface area contributed by atoms with Crippen LogP contribution in [0.3, 0.4) is 0 Å². The molecule has 0 spiro atoms. The lowest BCUT2D eigenvalue weighted by Gasteiger charge is -2.22. The van der Waals surface area contributed by atoms with Gasteiger partial charge in [0, 0.05) is 0 Å². The van der Waals surface area contributed by atoms with E-state index in [1.165, 1.54) is 70.1 Å². The Bertz CT molecular complexity index is 2400. The Morgan fingerprint density at radius 3 is 1.77 bits per heavy atom. The monoisotopic (exact) mass is 636 g/mol. The maximum atomic E-state index is 4.35. The molecule has 0 saturated carbocycles. The highest BCUT2D eigenvalue weighted by Crippen LogP contribution is 2.43. The molecule has 0 unspecified atom stereocenters. The molecule has 8 rings (SSSR count). The zero-order chi connectivity index (χ0) is 31.7. The Hall–Kier alpha value is -5.33. The molecule has 7 aromatic carbocycles. The molecule has 0 aliphatic heterocycles. The molecule has 0 fully saturated rings. The van der Waals surface area contributed by atoms with Crippen molar-refractivity contribution in [2.24, 2.45) is 0 Å². The maximum absolute atomic E-state index is 4.35. The molecule has 0 saturated heterocycles. The summed E-state index contributed by atoms with van der Waals surface area (Å²) in [5.74, 6) is 0. The molecular weight excluding hydrogens is 599 g/mol. The first-order valence-electron chi connectivity index (χ1n) is 16.3. The Morgan fingerprint density at radius 1 is 0.500 bits per heavy atom. The molecule has 0 bridgehead atoms. The van der Waals surface area contributed by atoms with Crippen molar-refractivity contribution in [2.45, 2.75) is 12.8 Å². The van der Waals surface area contributed by atoms with E-state index in [4.69, 9.17) is 0 Å². The first kappa shape index (κ1) is 31.3. The minimum absolute atomic E-state index is 0. The van der Waals surface area contributed by atoms with E-state index >= 15 is 0 Å². The number of fused-ring (bicyclic) bond motifs is 3. The van der Waals surface area contributed by atoms with Gasteiger partial charge < -0.3 is 5.48 Å². The predicted octanol–water partition coefficient (Wildman–Crippen LogP) is 8.90. The van der Waals surface area contributed by atoms with Gasteiger partial charge in [0.1, 0.15) is 0 Å². The third-order valence-corrected chi connectivity index (χ3v) is 11.8. The summed E-state index contributed by atoms with van der Waals surface area (Å²) < 4.78 is 0. The van der Waals surface area contributed by atoms with Crippen molar-refractivity contribution in [1.82, 2.24) is 0 Å². The van der Waals surface area contributed by atoms with Crippen molar-refractivity contribution >= 4 is 69.7 Å². The van der Waals surface area contributed by atoms with Gasteiger partial charge in [-0.2, -0.15) is 0 Å². The highest BCUT2D eigenvalue weighted by Gasteiger charge is 2.21. The van der Waals surface area contributed by atoms with Gasteiger partial charge in [-0.3, -0.25) is 0 Å². The van der Waals surface area contributed by atoms with Crippen LogP contribution in [0.25, 0.3) is 68.1 Å². The molecule has 2 N–H and O–H groups in total. The standard InChI is InChI=1S/C46H35P.H2O/c1-3-39-40(4-2)46(42-25-15-17-32-16-11-12-22-41(32)42)44-24-14-13-23-43(44)45(39)35-27-26-34-31-38(29-28-33(34)30-35)47(36-18-7-5-8-19-36)37-20-9-6-10-21-37;/h3-10,13-31H,1-2,11-12H2;1H2. The summed E-state index contributed by atoms with van der Waals surface area (Å²) in [6.45, 7) is 8.69. The van der Waals surface area contributed by atoms with Crippen molar-refractivity contribution in [3.63, 3.8) is 0 Å². The van der Waals surface area contributed by atoms with Crippen LogP contribution in [-0.4, -0.2) is 5.48 Å². The molecule has 48 heavy (non-hydrogen) atoms. The SMILES string of the molecule is C=Cc1c(C=C)c(-c2cccc3c2=CCCC=3)c2ccccc2c1-c1ccc2cc(P(c3ccccc3)c3ccccc3)ccc2c1.O. The van der Waals surface area contributed by atoms with E-state index in [1.54, 1.807) is 0 Å². The summed E-state index contributed by atoms with van der Waals surface area (Å²) in [6.07, 6.45) is 11.0. The van der Waals surface area contributed by atoms with Crippen LogP contribution in [0.5, 0.6) is 0 Å². The van der Waals surface area contributed by atoms with Gasteiger partial charge in [0.15, 0.2) is 0 Å². The van der Waals surface area contributed by atoms with Gasteiger partial charge in [-0.25, -0.2) is 0 Å². The highest BCUT2D eigenvalue weighted by molar-refractivity contribution is 7.79. The minimum atomic E-state index is -0.668. The van der Waals surface area contributed by atoms with E-state index in [1.807, 2.05) is 12.2 Å². The van der Waals surface area contributed by atoms with Gasteiger partial charge in [-0.05, 0) is 114 Å². The zero-order valence-electron chi connectivity index (χ0n) is 26.9. The van der Waals surface area contributed by atoms with Gasteiger partial charge in [0.2, 0.25) is 0 Å². The second-order valence-electron chi connectivity index (χ2n) is 12.1. The quantitative estimate of drug-likeness (QED) is 0.157. The topological polar surface area (TPSA) is 31.5 Å². The lowest BCUT2D eigenvalue weighted by Crippen LogP contribution is -2.28. The van der Waals surface area contributed by atoms with Gasteiger partial charge >= 0.3 is 0 Å². The fourth-order valence-corrected chi connectivity index (χ4v) is 9.63. The van der Waals surface area contributed by atoms with E-state index in [2.05, 4.69) is 165 Å². The van der Waals surface area contributed by atoms with Gasteiger partial charge in [-0.1, -0.05) is 165 Å². The predicted molar refractivity (Wildman–Crippen MR) is 212 cm³/mol. The van der Waals surface area contributed by atoms with Crippen LogP contribution in [0.1, 0.15) is 24.0 Å². The van der Waals surface area contributed by atoms with Gasteiger partial charge in [0.05, 0.1) is 0 Å². The Kier molecular flexibility index (Phi) is 8.74. The van der Waals surface area contributed by atoms with Crippen molar-refractivity contribution in [1.29, 1.82) is 0 Å². The molecule has 0 atom stereocenters. The van der Waals surface area contributed by atoms with Crippen molar-refractivity contribution in [2.75, 3.05) is 0 Å². The lowest BCUT2D eigenvalue weighted by molar-refractivity contribution is 0.824. The third-order valence-electron chi connectivity index (χ3n) is 9.39. The van der Waals surface area contributed by atoms with E-state index in [0.717, 1.165) is 24.0 Å². The molecule has 1 nitrogen and oxygen atoms in total. The summed E-state index contributed by atoms with van der Waals surface area (Å²) in [5.41, 5.74) is 7.15. The molecule has 0 amide bonds. The maximum Gasteiger partial charge on any atom is -0.00205 e. The smallest absolute Gasteiger partial charge is 0.00205 e. The Morgan fingerprint density at radius 2 is 1.08 bits per heavy atom. The summed E-state index contributed by atoms with van der Waals surface area (Å²) in [6, 6.07) is 51.3. The molecule has 2 heteroatoms. The fraction of sp³-hybridized carbons (Fsp3) is 0.0435. The molecule has 0 heterocycles. The molecule has 0 aromatic heterocycles. The Labute approximate surface area is 283 Å². The molecular formula is C46H37OP. The molecule has 1 aliphatic carbocycles. The van der Waals surface area contributed by atoms with Crippen LogP contribution in [-0.2, 0) is 0 Å². The van der Waals surface area contributed by atoms with E-state index in [0.29, 0.717) is 0 Å². The summed E-state index contributed by atoms with van der Waals surface area (Å²) in [4.78, 5) is 0. The summed E-state index contributed by atoms with van der Waals surface area (Å²) in [5, 5.41) is 11.7. The van der Waals surface area contributed by atoms with Crippen molar-refractivity contribution < 1.29 is 5.48 Å². The molecule has 0 radical (unpaired) electrons. The largest absolute Gasteiger partial charge is 0.412 e. The van der Waals surface area contributed by atoms with Crippen LogP contribution in [0.4, 0.5) is 0 Å². The zero-order valence-corrected chi connectivity index (χ0v) is 27.8. The number of hydrogen-bond donors (Lipinski definition) is 0. The second-order valence-corrected chi connectivity index (χ2v) is 14.3. The minimum Gasteiger partial charge on any atom is -0.412 e. The van der Waals surface area contributed by atoms with Crippen LogP contribution >= 0.6 is 7.92 Å². The van der Waals surface area contributed by atoms with Gasteiger partial charge in [0.25, 0.3) is 0 Å². The molecule has 1 aliphatic rings. The average molecular weight is 637 g/mol. The van der Waals surface area contributed by atoms with Crippen LogP contribution in [0.2, 0.25) is 0 Å². The van der Waals surface area contributed by atoms with E-state index in [-0.39, 0.29) is 5.48 Å². The average Bonchev–Trinajstić information content (AvgIpc) is 3.14. The Balaban J connectivity index is 0.00000364. The molecule has 7 aromatic rings. The summed E-state index contributed by atoms with van der Waals surface area (Å²) >= 11 is 0. The second kappa shape index (κ2) is 13.4. The van der Waals surface area contributed by atoms with Crippen LogP contribution < -0.4 is 26.4 Å². The highest BCUT2D eigenvalue weighted by atomic mass is 31.1. The van der Waals surface area contributed by atoms with Crippen LogP contribution in [0, 0.1) is 0 Å². The summed E-state index contributed by atoms with van der Waals surface area (Å²) in [7, 11) is -0.668. The first-order valence-corrected chi connectivity index (χ1v) is 17.7. The lowest BCUT2D eigenvalue weighted by atomic mass is 9.82. The third kappa shape index (κ3) is 5.42. The number of rotatable bonds is 7.